The van der Waals surface area contributed by atoms with Gasteiger partial charge in [-0.15, -0.1) is 0 Å². The Bertz CT molecular complexity index is 791. The molecule has 4 rings (SSSR count). The first-order chi connectivity index (χ1) is 15.6. The normalized spacial score (nSPS) is 41.6. The summed E-state index contributed by atoms with van der Waals surface area (Å²) in [7, 11) is 0. The lowest BCUT2D eigenvalue weighted by Crippen LogP contribution is -2.50. The van der Waals surface area contributed by atoms with Gasteiger partial charge in [-0.25, -0.2) is 0 Å². The number of rotatable bonds is 6. The van der Waals surface area contributed by atoms with E-state index in [1.165, 1.54) is 51.4 Å². The first-order valence-electron chi connectivity index (χ1n) is 14.1. The highest BCUT2D eigenvalue weighted by Gasteiger charge is 2.58. The lowest BCUT2D eigenvalue weighted by Gasteiger charge is -2.58. The Morgan fingerprint density at radius 2 is 1.79 bits per heavy atom. The number of esters is 1. The highest BCUT2D eigenvalue weighted by Crippen LogP contribution is 2.67. The van der Waals surface area contributed by atoms with Crippen molar-refractivity contribution < 1.29 is 9.53 Å². The van der Waals surface area contributed by atoms with Gasteiger partial charge in [0.25, 0.3) is 0 Å². The summed E-state index contributed by atoms with van der Waals surface area (Å²) < 4.78 is 5.65. The van der Waals surface area contributed by atoms with E-state index >= 15 is 0 Å². The molecule has 0 aromatic rings. The molecule has 0 spiro atoms. The van der Waals surface area contributed by atoms with E-state index in [2.05, 4.69) is 53.7 Å². The molecule has 2 nitrogen and oxygen atoms in total. The van der Waals surface area contributed by atoms with E-state index in [0.29, 0.717) is 22.7 Å². The fourth-order valence-corrected chi connectivity index (χ4v) is 9.15. The maximum absolute atomic E-state index is 11.5. The molecular weight excluding hydrogens is 404 g/mol. The Kier molecular flexibility index (Phi) is 7.24. The van der Waals surface area contributed by atoms with Crippen LogP contribution in [-0.4, -0.2) is 12.1 Å². The largest absolute Gasteiger partial charge is 0.463 e. The number of carbonyl (C=O) groups is 1. The van der Waals surface area contributed by atoms with Crippen molar-refractivity contribution >= 4 is 5.97 Å². The second-order valence-corrected chi connectivity index (χ2v) is 13.0. The van der Waals surface area contributed by atoms with E-state index < -0.39 is 0 Å². The Hall–Kier alpha value is -1.05. The van der Waals surface area contributed by atoms with Gasteiger partial charge in [0.15, 0.2) is 0 Å². The lowest BCUT2D eigenvalue weighted by molar-refractivity contribution is -0.152. The third-order valence-corrected chi connectivity index (χ3v) is 11.1. The van der Waals surface area contributed by atoms with Crippen molar-refractivity contribution in [1.82, 2.24) is 0 Å². The van der Waals surface area contributed by atoms with E-state index in [1.54, 1.807) is 12.5 Å². The first kappa shape index (κ1) is 25.1. The molecule has 0 aromatic carbocycles. The van der Waals surface area contributed by atoms with Gasteiger partial charge in [0, 0.05) is 6.92 Å². The number of carbonyl (C=O) groups excluding carboxylic acids is 1. The van der Waals surface area contributed by atoms with Gasteiger partial charge in [-0.1, -0.05) is 57.9 Å². The van der Waals surface area contributed by atoms with Crippen LogP contribution >= 0.6 is 0 Å². The summed E-state index contributed by atoms with van der Waals surface area (Å²) in [6.07, 6.45) is 18.0. The van der Waals surface area contributed by atoms with Crippen molar-refractivity contribution in [2.24, 2.45) is 46.3 Å². The molecule has 0 saturated heterocycles. The van der Waals surface area contributed by atoms with Gasteiger partial charge in [-0.2, -0.15) is 0 Å². The van der Waals surface area contributed by atoms with Gasteiger partial charge in [0.1, 0.15) is 6.10 Å². The maximum atomic E-state index is 11.5. The van der Waals surface area contributed by atoms with Crippen LogP contribution in [0, 0.1) is 46.3 Å². The Morgan fingerprint density at radius 3 is 2.45 bits per heavy atom. The fraction of sp³-hybridized carbons (Fsp3) is 0.839. The maximum Gasteiger partial charge on any atom is 0.302 e. The van der Waals surface area contributed by atoms with Crippen LogP contribution in [0.4, 0.5) is 0 Å². The van der Waals surface area contributed by atoms with Gasteiger partial charge < -0.3 is 4.74 Å². The van der Waals surface area contributed by atoms with E-state index in [-0.39, 0.29) is 12.1 Å². The van der Waals surface area contributed by atoms with Crippen molar-refractivity contribution in [1.29, 1.82) is 0 Å². The molecule has 0 amide bonds. The zero-order valence-corrected chi connectivity index (χ0v) is 22.6. The molecule has 0 N–H and O–H groups in total. The van der Waals surface area contributed by atoms with Crippen molar-refractivity contribution in [3.05, 3.63) is 23.3 Å². The van der Waals surface area contributed by atoms with Crippen LogP contribution in [0.25, 0.3) is 0 Å². The van der Waals surface area contributed by atoms with Crippen molar-refractivity contribution in [2.45, 2.75) is 119 Å². The van der Waals surface area contributed by atoms with Gasteiger partial charge >= 0.3 is 5.97 Å². The fourth-order valence-electron chi connectivity index (χ4n) is 9.15. The number of allylic oxidation sites excluding steroid dienone is 4. The van der Waals surface area contributed by atoms with E-state index in [1.807, 2.05) is 5.57 Å². The molecule has 4 aliphatic carbocycles. The third-order valence-electron chi connectivity index (χ3n) is 11.1. The van der Waals surface area contributed by atoms with Crippen LogP contribution in [0.3, 0.4) is 0 Å². The van der Waals surface area contributed by atoms with Crippen LogP contribution in [-0.2, 0) is 9.53 Å². The van der Waals surface area contributed by atoms with E-state index in [4.69, 9.17) is 4.74 Å². The number of ether oxygens (including phenoxy) is 1. The van der Waals surface area contributed by atoms with Crippen molar-refractivity contribution in [2.75, 3.05) is 0 Å². The van der Waals surface area contributed by atoms with Crippen LogP contribution in [0.15, 0.2) is 23.3 Å². The summed E-state index contributed by atoms with van der Waals surface area (Å²) in [4.78, 5) is 11.5. The molecule has 0 unspecified atom stereocenters. The number of hydrogen-bond acceptors (Lipinski definition) is 2. The summed E-state index contributed by atoms with van der Waals surface area (Å²) in [6, 6.07) is 0. The van der Waals surface area contributed by atoms with Crippen LogP contribution < -0.4 is 0 Å². The Morgan fingerprint density at radius 1 is 1.09 bits per heavy atom. The minimum absolute atomic E-state index is 0.106. The van der Waals surface area contributed by atoms with Gasteiger partial charge in [-0.3, -0.25) is 4.79 Å². The molecule has 3 saturated carbocycles. The molecule has 186 valence electrons. The monoisotopic (exact) mass is 454 g/mol. The molecule has 0 aromatic heterocycles. The highest BCUT2D eigenvalue weighted by atomic mass is 16.5. The Labute approximate surface area is 204 Å². The van der Waals surface area contributed by atoms with Gasteiger partial charge in [-0.05, 0) is 117 Å². The van der Waals surface area contributed by atoms with Crippen LogP contribution in [0.1, 0.15) is 113 Å². The molecular formula is C31H50O2. The highest BCUT2D eigenvalue weighted by molar-refractivity contribution is 5.66. The minimum atomic E-state index is -0.106. The van der Waals surface area contributed by atoms with Crippen LogP contribution in [0.5, 0.6) is 0 Å². The number of hydrogen-bond donors (Lipinski definition) is 0. The second-order valence-electron chi connectivity index (χ2n) is 13.0. The molecule has 0 bridgehead atoms. The van der Waals surface area contributed by atoms with E-state index in [9.17, 15) is 4.79 Å². The zero-order chi connectivity index (χ0) is 24.0. The predicted octanol–water partition coefficient (Wildman–Crippen LogP) is 8.52. The zero-order valence-electron chi connectivity index (χ0n) is 22.6. The molecule has 0 aliphatic heterocycles. The average molecular weight is 455 g/mol. The summed E-state index contributed by atoms with van der Waals surface area (Å²) in [5.74, 6) is 4.51. The smallest absolute Gasteiger partial charge is 0.302 e. The quantitative estimate of drug-likeness (QED) is 0.297. The molecule has 8 atom stereocenters. The molecule has 2 heteroatoms. The SMILES string of the molecule is C/C=C(/CC[C@@H](C)[C@H]1CC[C@H]2C3=CC[C@H]4C[C@@H](OC(C)=O)CC[C@]4(C)[C@H]3CC[C@]12C)C(C)C. The van der Waals surface area contributed by atoms with Crippen molar-refractivity contribution in [3.8, 4) is 0 Å². The van der Waals surface area contributed by atoms with E-state index in [0.717, 1.165) is 36.5 Å². The average Bonchev–Trinajstić information content (AvgIpc) is 3.11. The minimum Gasteiger partial charge on any atom is -0.463 e. The molecule has 0 radical (unpaired) electrons. The molecule has 33 heavy (non-hydrogen) atoms. The lowest BCUT2D eigenvalue weighted by atomic mass is 9.47. The third kappa shape index (κ3) is 4.50. The molecule has 0 heterocycles. The van der Waals surface area contributed by atoms with Gasteiger partial charge in [0.2, 0.25) is 0 Å². The predicted molar refractivity (Wildman–Crippen MR) is 138 cm³/mol. The van der Waals surface area contributed by atoms with Crippen molar-refractivity contribution in [3.63, 3.8) is 0 Å². The molecule has 4 aliphatic rings. The Balaban J connectivity index is 1.47. The first-order valence-corrected chi connectivity index (χ1v) is 14.1. The van der Waals surface area contributed by atoms with Gasteiger partial charge in [0.05, 0.1) is 0 Å². The second kappa shape index (κ2) is 9.54. The summed E-state index contributed by atoms with van der Waals surface area (Å²) >= 11 is 0. The summed E-state index contributed by atoms with van der Waals surface area (Å²) in [6.45, 7) is 16.3. The standard InChI is InChI=1S/C31H50O2/c1-8-23(20(2)3)10-9-21(4)27-13-14-28-26-12-11-24-19-25(33-22(5)32)15-17-30(24,6)29(26)16-18-31(27,28)7/h8,12,20-21,24-25,27-29H,9-11,13-19H2,1-7H3/b23-8-/t21-,24+,25+,27-,28+,29+,30+,31-/m1/s1. The topological polar surface area (TPSA) is 26.3 Å². The summed E-state index contributed by atoms with van der Waals surface area (Å²) in [5, 5.41) is 0. The molecule has 3 fully saturated rings. The number of fused-ring (bicyclic) bond motifs is 5. The van der Waals surface area contributed by atoms with Crippen LogP contribution in [0.2, 0.25) is 0 Å². The summed E-state index contributed by atoms with van der Waals surface area (Å²) in [5.41, 5.74) is 4.39.